The molecule has 102 valence electrons. The predicted octanol–water partition coefficient (Wildman–Crippen LogP) is 5.28. The Hall–Kier alpha value is -1.16. The highest BCUT2D eigenvalue weighted by molar-refractivity contribution is 9.09. The van der Waals surface area contributed by atoms with Crippen molar-refractivity contribution < 1.29 is 13.2 Å². The maximum absolute atomic E-state index is 13.9. The van der Waals surface area contributed by atoms with E-state index in [4.69, 9.17) is 4.42 Å². The standard InChI is InChI=1S/C15H15BrF2O/c1-7-5-11(13(18)6-12(7)17)15(16)14-8(2)9(3)19-10(14)4/h5-6,15H,1-4H3. The van der Waals surface area contributed by atoms with Crippen LogP contribution in [0.1, 0.15) is 38.6 Å². The molecule has 0 spiro atoms. The van der Waals surface area contributed by atoms with Crippen molar-refractivity contribution in [2.24, 2.45) is 0 Å². The Morgan fingerprint density at radius 1 is 1.00 bits per heavy atom. The number of furan rings is 1. The first kappa shape index (κ1) is 14.3. The lowest BCUT2D eigenvalue weighted by atomic mass is 9.99. The third-order valence-corrected chi connectivity index (χ3v) is 4.37. The molecule has 0 aliphatic heterocycles. The van der Waals surface area contributed by atoms with Crippen LogP contribution in [0, 0.1) is 39.3 Å². The van der Waals surface area contributed by atoms with Gasteiger partial charge in [0.2, 0.25) is 0 Å². The number of alkyl halides is 1. The monoisotopic (exact) mass is 328 g/mol. The summed E-state index contributed by atoms with van der Waals surface area (Å²) in [6, 6.07) is 2.46. The van der Waals surface area contributed by atoms with Crippen LogP contribution in [0.25, 0.3) is 0 Å². The molecule has 0 saturated carbocycles. The fraction of sp³-hybridized carbons (Fsp3) is 0.333. The highest BCUT2D eigenvalue weighted by Crippen LogP contribution is 2.39. The van der Waals surface area contributed by atoms with Gasteiger partial charge in [-0.3, -0.25) is 0 Å². The van der Waals surface area contributed by atoms with Gasteiger partial charge in [0.15, 0.2) is 0 Å². The SMILES string of the molecule is Cc1cc(C(Br)c2c(C)oc(C)c2C)c(F)cc1F. The summed E-state index contributed by atoms with van der Waals surface area (Å²) in [5.74, 6) is 0.481. The third kappa shape index (κ3) is 2.46. The van der Waals surface area contributed by atoms with Gasteiger partial charge in [-0.25, -0.2) is 8.78 Å². The van der Waals surface area contributed by atoms with Crippen molar-refractivity contribution in [1.82, 2.24) is 0 Å². The van der Waals surface area contributed by atoms with Crippen LogP contribution in [0.15, 0.2) is 16.5 Å². The molecule has 0 radical (unpaired) electrons. The van der Waals surface area contributed by atoms with Gasteiger partial charge in [-0.15, -0.1) is 0 Å². The Balaban J connectivity index is 2.56. The fourth-order valence-electron chi connectivity index (χ4n) is 2.21. The Morgan fingerprint density at radius 3 is 2.16 bits per heavy atom. The van der Waals surface area contributed by atoms with Crippen LogP contribution < -0.4 is 0 Å². The Bertz CT molecular complexity index is 632. The van der Waals surface area contributed by atoms with Gasteiger partial charge in [0.05, 0.1) is 4.83 Å². The van der Waals surface area contributed by atoms with Gasteiger partial charge in [0.25, 0.3) is 0 Å². The number of aryl methyl sites for hydroxylation is 3. The van der Waals surface area contributed by atoms with Crippen LogP contribution in [0.5, 0.6) is 0 Å². The molecule has 1 heterocycles. The molecular weight excluding hydrogens is 314 g/mol. The highest BCUT2D eigenvalue weighted by Gasteiger charge is 2.23. The fourth-order valence-corrected chi connectivity index (χ4v) is 3.23. The van der Waals surface area contributed by atoms with Crippen molar-refractivity contribution in [2.75, 3.05) is 0 Å². The van der Waals surface area contributed by atoms with Gasteiger partial charge in [-0.2, -0.15) is 0 Å². The van der Waals surface area contributed by atoms with Crippen LogP contribution >= 0.6 is 15.9 Å². The van der Waals surface area contributed by atoms with E-state index in [1.807, 2.05) is 20.8 Å². The summed E-state index contributed by atoms with van der Waals surface area (Å²) in [6.45, 7) is 7.28. The summed E-state index contributed by atoms with van der Waals surface area (Å²) in [5.41, 5.74) is 2.74. The van der Waals surface area contributed by atoms with E-state index >= 15 is 0 Å². The molecule has 0 aliphatic carbocycles. The van der Waals surface area contributed by atoms with Crippen LogP contribution in [0.4, 0.5) is 8.78 Å². The van der Waals surface area contributed by atoms with E-state index in [9.17, 15) is 8.78 Å². The molecule has 0 aliphatic rings. The lowest BCUT2D eigenvalue weighted by molar-refractivity contribution is 0.500. The maximum atomic E-state index is 13.9. The molecule has 2 rings (SSSR count). The van der Waals surface area contributed by atoms with E-state index in [0.29, 0.717) is 11.1 Å². The van der Waals surface area contributed by atoms with Gasteiger partial charge in [-0.1, -0.05) is 15.9 Å². The molecule has 4 heteroatoms. The minimum absolute atomic E-state index is 0.343. The van der Waals surface area contributed by atoms with Crippen LogP contribution in [-0.4, -0.2) is 0 Å². The molecule has 19 heavy (non-hydrogen) atoms. The second-order valence-corrected chi connectivity index (χ2v) is 5.65. The molecule has 1 aromatic heterocycles. The molecule has 2 aromatic rings. The van der Waals surface area contributed by atoms with E-state index in [2.05, 4.69) is 15.9 Å². The van der Waals surface area contributed by atoms with Crippen LogP contribution in [-0.2, 0) is 0 Å². The number of benzene rings is 1. The summed E-state index contributed by atoms with van der Waals surface area (Å²) in [5, 5.41) is 0. The van der Waals surface area contributed by atoms with Crippen molar-refractivity contribution >= 4 is 15.9 Å². The lowest BCUT2D eigenvalue weighted by Gasteiger charge is -2.13. The lowest BCUT2D eigenvalue weighted by Crippen LogP contribution is -2.01. The zero-order chi connectivity index (χ0) is 14.3. The van der Waals surface area contributed by atoms with Gasteiger partial charge < -0.3 is 4.42 Å². The van der Waals surface area contributed by atoms with E-state index in [1.165, 1.54) is 6.07 Å². The summed E-state index contributed by atoms with van der Waals surface area (Å²) >= 11 is 3.50. The molecule has 1 aromatic carbocycles. The smallest absolute Gasteiger partial charge is 0.130 e. The second kappa shape index (κ2) is 5.08. The zero-order valence-corrected chi connectivity index (χ0v) is 12.9. The van der Waals surface area contributed by atoms with E-state index < -0.39 is 11.6 Å². The number of hydrogen-bond acceptors (Lipinski definition) is 1. The van der Waals surface area contributed by atoms with Crippen molar-refractivity contribution in [2.45, 2.75) is 32.5 Å². The Labute approximate surface area is 119 Å². The Kier molecular flexibility index (Phi) is 3.81. The molecule has 1 nitrogen and oxygen atoms in total. The average molecular weight is 329 g/mol. The summed E-state index contributed by atoms with van der Waals surface area (Å²) in [7, 11) is 0. The first-order valence-electron chi connectivity index (χ1n) is 5.99. The molecule has 0 N–H and O–H groups in total. The quantitative estimate of drug-likeness (QED) is 0.684. The Morgan fingerprint density at radius 2 is 1.63 bits per heavy atom. The first-order chi connectivity index (χ1) is 8.82. The molecular formula is C15H15BrF2O. The topological polar surface area (TPSA) is 13.1 Å². The first-order valence-corrected chi connectivity index (χ1v) is 6.90. The van der Waals surface area contributed by atoms with E-state index in [-0.39, 0.29) is 4.83 Å². The summed E-state index contributed by atoms with van der Waals surface area (Å²) in [6.07, 6.45) is 0. The molecule has 0 fully saturated rings. The minimum Gasteiger partial charge on any atom is -0.466 e. The highest BCUT2D eigenvalue weighted by atomic mass is 79.9. The number of rotatable bonds is 2. The molecule has 0 amide bonds. The summed E-state index contributed by atoms with van der Waals surface area (Å²) in [4.78, 5) is -0.343. The van der Waals surface area contributed by atoms with Crippen molar-refractivity contribution in [1.29, 1.82) is 0 Å². The molecule has 0 saturated heterocycles. The van der Waals surface area contributed by atoms with Crippen LogP contribution in [0.2, 0.25) is 0 Å². The van der Waals surface area contributed by atoms with Crippen molar-refractivity contribution in [3.8, 4) is 0 Å². The van der Waals surface area contributed by atoms with Crippen molar-refractivity contribution in [3.05, 3.63) is 57.5 Å². The van der Waals surface area contributed by atoms with Gasteiger partial charge >= 0.3 is 0 Å². The molecule has 1 unspecified atom stereocenters. The normalized spacial score (nSPS) is 12.8. The largest absolute Gasteiger partial charge is 0.466 e. The predicted molar refractivity (Wildman–Crippen MR) is 74.8 cm³/mol. The number of hydrogen-bond donors (Lipinski definition) is 0. The number of halogens is 3. The third-order valence-electron chi connectivity index (χ3n) is 3.42. The van der Waals surface area contributed by atoms with Gasteiger partial charge in [0, 0.05) is 17.2 Å². The van der Waals surface area contributed by atoms with Crippen LogP contribution in [0.3, 0.4) is 0 Å². The zero-order valence-electron chi connectivity index (χ0n) is 11.3. The molecule has 0 bridgehead atoms. The van der Waals surface area contributed by atoms with Crippen molar-refractivity contribution in [3.63, 3.8) is 0 Å². The molecule has 1 atom stereocenters. The minimum atomic E-state index is -0.553. The second-order valence-electron chi connectivity index (χ2n) is 4.74. The van der Waals surface area contributed by atoms with E-state index in [1.54, 1.807) is 6.92 Å². The van der Waals surface area contributed by atoms with Gasteiger partial charge in [0.1, 0.15) is 23.2 Å². The average Bonchev–Trinajstić information content (AvgIpc) is 2.57. The van der Waals surface area contributed by atoms with E-state index in [0.717, 1.165) is 28.7 Å². The maximum Gasteiger partial charge on any atom is 0.130 e. The van der Waals surface area contributed by atoms with Gasteiger partial charge in [-0.05, 0) is 44.9 Å². The summed E-state index contributed by atoms with van der Waals surface area (Å²) < 4.78 is 32.8.